The van der Waals surface area contributed by atoms with Gasteiger partial charge in [0.1, 0.15) is 0 Å². The lowest BCUT2D eigenvalue weighted by atomic mass is 10.1. The van der Waals surface area contributed by atoms with Gasteiger partial charge in [-0.3, -0.25) is 4.79 Å². The van der Waals surface area contributed by atoms with Gasteiger partial charge in [-0.25, -0.2) is 0 Å². The van der Waals surface area contributed by atoms with E-state index in [1.165, 1.54) is 0 Å². The molecule has 0 aromatic rings. The van der Waals surface area contributed by atoms with Gasteiger partial charge < -0.3 is 10.2 Å². The highest BCUT2D eigenvalue weighted by molar-refractivity contribution is 5.85. The monoisotopic (exact) mass is 203 g/mol. The van der Waals surface area contributed by atoms with Crippen LogP contribution in [0.3, 0.4) is 0 Å². The number of carbonyl (C=O) groups is 1. The van der Waals surface area contributed by atoms with Gasteiger partial charge in [0.25, 0.3) is 0 Å². The molecule has 1 heterocycles. The van der Waals surface area contributed by atoms with Crippen LogP contribution in [0.4, 0.5) is 0 Å². The molecular weight excluding hydrogens is 190 g/mol. The first-order valence-electron chi connectivity index (χ1n) is 4.10. The zero-order valence-electron chi connectivity index (χ0n) is 7.62. The predicted octanol–water partition coefficient (Wildman–Crippen LogP) is 0.142. The van der Waals surface area contributed by atoms with E-state index in [9.17, 15) is 4.79 Å². The maximum Gasteiger partial charge on any atom is 0.219 e. The molecule has 0 unspecified atom stereocenters. The van der Waals surface area contributed by atoms with E-state index >= 15 is 0 Å². The summed E-state index contributed by atoms with van der Waals surface area (Å²) < 4.78 is 0. The number of hydrogen-bond acceptors (Lipinski definition) is 3. The molecule has 1 rings (SSSR count). The van der Waals surface area contributed by atoms with Crippen LogP contribution >= 0.6 is 12.4 Å². The summed E-state index contributed by atoms with van der Waals surface area (Å²) in [6.45, 7) is 3.85. The quantitative estimate of drug-likeness (QED) is 0.660. The van der Waals surface area contributed by atoms with Gasteiger partial charge in [-0.05, 0) is 0 Å². The Labute approximate surface area is 84.3 Å². The van der Waals surface area contributed by atoms with Crippen LogP contribution in [-0.4, -0.2) is 36.5 Å². The number of nitriles is 1. The predicted molar refractivity (Wildman–Crippen MR) is 51.5 cm³/mol. The van der Waals surface area contributed by atoms with Crippen molar-refractivity contribution >= 4 is 18.3 Å². The van der Waals surface area contributed by atoms with Crippen molar-refractivity contribution in [1.29, 1.82) is 5.26 Å². The second-order valence-corrected chi connectivity index (χ2v) is 2.93. The van der Waals surface area contributed by atoms with E-state index in [-0.39, 0.29) is 24.4 Å². The van der Waals surface area contributed by atoms with Gasteiger partial charge >= 0.3 is 0 Å². The van der Waals surface area contributed by atoms with E-state index in [1.54, 1.807) is 11.8 Å². The smallest absolute Gasteiger partial charge is 0.219 e. The van der Waals surface area contributed by atoms with Crippen LogP contribution in [0.1, 0.15) is 13.3 Å². The van der Waals surface area contributed by atoms with Crippen molar-refractivity contribution in [3.63, 3.8) is 0 Å². The van der Waals surface area contributed by atoms with E-state index in [1.807, 2.05) is 0 Å². The largest absolute Gasteiger partial charge is 0.336 e. The van der Waals surface area contributed by atoms with E-state index in [4.69, 9.17) is 5.26 Å². The second-order valence-electron chi connectivity index (χ2n) is 2.93. The summed E-state index contributed by atoms with van der Waals surface area (Å²) in [6, 6.07) is 2.16. The van der Waals surface area contributed by atoms with Gasteiger partial charge in [0.2, 0.25) is 5.91 Å². The molecule has 0 aliphatic carbocycles. The number of nitrogens with zero attached hydrogens (tertiary/aromatic N) is 2. The van der Waals surface area contributed by atoms with E-state index in [0.717, 1.165) is 19.6 Å². The zero-order valence-corrected chi connectivity index (χ0v) is 8.43. The van der Waals surface area contributed by atoms with Crippen molar-refractivity contribution in [1.82, 2.24) is 10.2 Å². The highest BCUT2D eigenvalue weighted by Crippen LogP contribution is 2.06. The molecule has 0 saturated carbocycles. The Bertz CT molecular complexity index is 214. The molecule has 74 valence electrons. The molecule has 1 aliphatic rings. The van der Waals surface area contributed by atoms with Gasteiger partial charge in [0.05, 0.1) is 18.5 Å². The standard InChI is InChI=1S/C8H13N3O.ClH/c1-7(12)11-5-4-10-6-8(11)2-3-9;/h8,10H,2,4-6H2,1H3;1H/t8-;/m0./s1. The molecule has 0 radical (unpaired) electrons. The van der Waals surface area contributed by atoms with Crippen molar-refractivity contribution in [2.24, 2.45) is 0 Å². The third-order valence-corrected chi connectivity index (χ3v) is 2.08. The Morgan fingerprint density at radius 2 is 2.46 bits per heavy atom. The minimum Gasteiger partial charge on any atom is -0.336 e. The van der Waals surface area contributed by atoms with Gasteiger partial charge in [0, 0.05) is 26.6 Å². The first-order chi connectivity index (χ1) is 5.75. The number of rotatable bonds is 1. The molecule has 1 amide bonds. The topological polar surface area (TPSA) is 56.1 Å². The average molecular weight is 204 g/mol. The molecular formula is C8H14ClN3O. The van der Waals surface area contributed by atoms with Gasteiger partial charge in [-0.1, -0.05) is 0 Å². The second kappa shape index (κ2) is 5.79. The number of amides is 1. The lowest BCUT2D eigenvalue weighted by molar-refractivity contribution is -0.131. The molecule has 0 aromatic heterocycles. The van der Waals surface area contributed by atoms with E-state index in [0.29, 0.717) is 6.42 Å². The Hall–Kier alpha value is -0.790. The number of piperazine rings is 1. The minimum absolute atomic E-state index is 0. The number of hydrogen-bond donors (Lipinski definition) is 1. The van der Waals surface area contributed by atoms with Crippen LogP contribution in [0.25, 0.3) is 0 Å². The Balaban J connectivity index is 0.00000144. The average Bonchev–Trinajstić information content (AvgIpc) is 2.05. The molecule has 1 fully saturated rings. The summed E-state index contributed by atoms with van der Waals surface area (Å²) in [5.74, 6) is 0.0664. The van der Waals surface area contributed by atoms with Gasteiger partial charge in [-0.15, -0.1) is 12.4 Å². The highest BCUT2D eigenvalue weighted by Gasteiger charge is 2.23. The lowest BCUT2D eigenvalue weighted by Crippen LogP contribution is -2.52. The molecule has 4 nitrogen and oxygen atoms in total. The first kappa shape index (κ1) is 12.2. The van der Waals surface area contributed by atoms with Crippen LogP contribution in [0.5, 0.6) is 0 Å². The van der Waals surface area contributed by atoms with Crippen LogP contribution in [-0.2, 0) is 4.79 Å². The summed E-state index contributed by atoms with van der Waals surface area (Å²) in [6.07, 6.45) is 0.423. The van der Waals surface area contributed by atoms with Crippen LogP contribution < -0.4 is 5.32 Å². The minimum atomic E-state index is 0. The summed E-state index contributed by atoms with van der Waals surface area (Å²) in [4.78, 5) is 12.8. The van der Waals surface area contributed by atoms with Crippen molar-refractivity contribution in [2.75, 3.05) is 19.6 Å². The number of halogens is 1. The van der Waals surface area contributed by atoms with Crippen molar-refractivity contribution in [3.8, 4) is 6.07 Å². The Morgan fingerprint density at radius 1 is 1.77 bits per heavy atom. The van der Waals surface area contributed by atoms with Gasteiger partial charge in [0.15, 0.2) is 0 Å². The molecule has 13 heavy (non-hydrogen) atoms. The lowest BCUT2D eigenvalue weighted by Gasteiger charge is -2.34. The molecule has 0 aromatic carbocycles. The molecule has 0 spiro atoms. The Morgan fingerprint density at radius 3 is 3.00 bits per heavy atom. The molecule has 1 saturated heterocycles. The maximum absolute atomic E-state index is 11.1. The first-order valence-corrected chi connectivity index (χ1v) is 4.10. The Kier molecular flexibility index (Phi) is 5.44. The van der Waals surface area contributed by atoms with Crippen LogP contribution in [0.2, 0.25) is 0 Å². The summed E-state index contributed by atoms with van der Waals surface area (Å²) >= 11 is 0. The van der Waals surface area contributed by atoms with Crippen LogP contribution in [0.15, 0.2) is 0 Å². The van der Waals surface area contributed by atoms with Crippen molar-refractivity contribution < 1.29 is 4.79 Å². The van der Waals surface area contributed by atoms with E-state index < -0.39 is 0 Å². The third kappa shape index (κ3) is 3.21. The zero-order chi connectivity index (χ0) is 8.97. The molecule has 1 N–H and O–H groups in total. The number of carbonyl (C=O) groups excluding carboxylic acids is 1. The van der Waals surface area contributed by atoms with E-state index in [2.05, 4.69) is 11.4 Å². The SMILES string of the molecule is CC(=O)N1CCNC[C@@H]1CC#N.Cl. The van der Waals surface area contributed by atoms with Gasteiger partial charge in [-0.2, -0.15) is 5.26 Å². The third-order valence-electron chi connectivity index (χ3n) is 2.08. The van der Waals surface area contributed by atoms with Crippen molar-refractivity contribution in [2.45, 2.75) is 19.4 Å². The number of nitrogens with one attached hydrogen (secondary N) is 1. The fraction of sp³-hybridized carbons (Fsp3) is 0.750. The van der Waals surface area contributed by atoms with Crippen LogP contribution in [0, 0.1) is 11.3 Å². The molecule has 1 aliphatic heterocycles. The summed E-state index contributed by atoms with van der Waals surface area (Å²) in [7, 11) is 0. The molecule has 0 bridgehead atoms. The maximum atomic E-state index is 11.1. The van der Waals surface area contributed by atoms with Crippen molar-refractivity contribution in [3.05, 3.63) is 0 Å². The summed E-state index contributed by atoms with van der Waals surface area (Å²) in [5.41, 5.74) is 0. The molecule has 1 atom stereocenters. The normalized spacial score (nSPS) is 21.5. The fourth-order valence-electron chi connectivity index (χ4n) is 1.46. The fourth-order valence-corrected chi connectivity index (χ4v) is 1.46. The molecule has 5 heteroatoms. The summed E-state index contributed by atoms with van der Waals surface area (Å²) in [5, 5.41) is 11.7. The highest BCUT2D eigenvalue weighted by atomic mass is 35.5.